The van der Waals surface area contributed by atoms with Crippen molar-refractivity contribution < 1.29 is 22.8 Å². The number of nitrogens with zero attached hydrogens (tertiary/aromatic N) is 1. The van der Waals surface area contributed by atoms with Crippen molar-refractivity contribution in [3.8, 4) is 0 Å². The van der Waals surface area contributed by atoms with Crippen LogP contribution in [0.15, 0.2) is 0 Å². The number of piperazine rings is 1. The van der Waals surface area contributed by atoms with Crippen LogP contribution in [-0.4, -0.2) is 41.5 Å². The lowest BCUT2D eigenvalue weighted by atomic mass is 9.92. The summed E-state index contributed by atoms with van der Waals surface area (Å²) >= 11 is 0. The van der Waals surface area contributed by atoms with Gasteiger partial charge in [0.2, 0.25) is 11.8 Å². The van der Waals surface area contributed by atoms with Gasteiger partial charge in [-0.25, -0.2) is 0 Å². The zero-order valence-electron chi connectivity index (χ0n) is 12.2. The maximum atomic E-state index is 12.5. The van der Waals surface area contributed by atoms with Gasteiger partial charge in [-0.15, -0.1) is 0 Å². The topological polar surface area (TPSA) is 49.4 Å². The van der Waals surface area contributed by atoms with Crippen molar-refractivity contribution in [2.75, 3.05) is 6.54 Å². The first-order chi connectivity index (χ1) is 9.74. The van der Waals surface area contributed by atoms with Crippen molar-refractivity contribution in [1.82, 2.24) is 10.2 Å². The van der Waals surface area contributed by atoms with Crippen LogP contribution >= 0.6 is 0 Å². The Labute approximate surface area is 122 Å². The van der Waals surface area contributed by atoms with Crippen LogP contribution in [0.3, 0.4) is 0 Å². The lowest BCUT2D eigenvalue weighted by molar-refractivity contribution is -0.160. The summed E-state index contributed by atoms with van der Waals surface area (Å²) in [5.41, 5.74) is 0. The Kier molecular flexibility index (Phi) is 4.49. The summed E-state index contributed by atoms with van der Waals surface area (Å²) in [6.45, 7) is 3.21. The number of carbonyl (C=O) groups excluding carboxylic acids is 2. The van der Waals surface area contributed by atoms with Gasteiger partial charge in [-0.1, -0.05) is 20.3 Å². The highest BCUT2D eigenvalue weighted by atomic mass is 19.4. The molecule has 2 aliphatic rings. The number of carbonyl (C=O) groups is 2. The van der Waals surface area contributed by atoms with Crippen molar-refractivity contribution in [2.45, 2.75) is 57.8 Å². The molecule has 3 atom stereocenters. The molecule has 120 valence electrons. The summed E-state index contributed by atoms with van der Waals surface area (Å²) < 4.78 is 37.4. The van der Waals surface area contributed by atoms with Crippen LogP contribution in [0.1, 0.15) is 39.5 Å². The number of alkyl halides is 3. The van der Waals surface area contributed by atoms with E-state index in [1.807, 2.05) is 6.92 Å². The van der Waals surface area contributed by atoms with Gasteiger partial charge in [0, 0.05) is 6.54 Å². The molecule has 4 nitrogen and oxygen atoms in total. The van der Waals surface area contributed by atoms with Gasteiger partial charge in [-0.2, -0.15) is 13.2 Å². The predicted octanol–water partition coefficient (Wildman–Crippen LogP) is 2.09. The van der Waals surface area contributed by atoms with Gasteiger partial charge in [0.05, 0.1) is 6.42 Å². The Morgan fingerprint density at radius 2 is 1.95 bits per heavy atom. The zero-order chi connectivity index (χ0) is 15.8. The summed E-state index contributed by atoms with van der Waals surface area (Å²) in [4.78, 5) is 25.8. The van der Waals surface area contributed by atoms with Gasteiger partial charge in [-0.3, -0.25) is 9.59 Å². The van der Waals surface area contributed by atoms with E-state index < -0.39 is 31.2 Å². The molecule has 1 aliphatic carbocycles. The third-order valence-corrected chi connectivity index (χ3v) is 4.36. The first-order valence-corrected chi connectivity index (χ1v) is 7.42. The van der Waals surface area contributed by atoms with E-state index in [-0.39, 0.29) is 23.7 Å². The molecule has 2 amide bonds. The fourth-order valence-corrected chi connectivity index (χ4v) is 2.79. The Morgan fingerprint density at radius 1 is 1.33 bits per heavy atom. The van der Waals surface area contributed by atoms with Crippen LogP contribution in [0.2, 0.25) is 0 Å². The molecule has 1 heterocycles. The van der Waals surface area contributed by atoms with Crippen LogP contribution < -0.4 is 5.32 Å². The van der Waals surface area contributed by atoms with Crippen molar-refractivity contribution >= 4 is 11.8 Å². The smallest absolute Gasteiger partial charge is 0.342 e. The highest BCUT2D eigenvalue weighted by Gasteiger charge is 2.48. The monoisotopic (exact) mass is 306 g/mol. The molecule has 2 rings (SSSR count). The van der Waals surface area contributed by atoms with Crippen LogP contribution in [0, 0.1) is 11.8 Å². The van der Waals surface area contributed by atoms with Gasteiger partial charge >= 0.3 is 6.18 Å². The van der Waals surface area contributed by atoms with E-state index in [2.05, 4.69) is 5.32 Å². The molecule has 1 aliphatic heterocycles. The van der Waals surface area contributed by atoms with Crippen molar-refractivity contribution in [3.63, 3.8) is 0 Å². The summed E-state index contributed by atoms with van der Waals surface area (Å²) in [5, 5.41) is 2.71. The second-order valence-corrected chi connectivity index (χ2v) is 6.05. The first-order valence-electron chi connectivity index (χ1n) is 7.42. The molecular weight excluding hydrogens is 285 g/mol. The molecule has 7 heteroatoms. The van der Waals surface area contributed by atoms with E-state index in [0.29, 0.717) is 6.42 Å². The van der Waals surface area contributed by atoms with Crippen LogP contribution in [-0.2, 0) is 9.59 Å². The molecule has 0 spiro atoms. The molecule has 2 fully saturated rings. The fourth-order valence-electron chi connectivity index (χ4n) is 2.79. The highest BCUT2D eigenvalue weighted by Crippen LogP contribution is 2.36. The molecule has 21 heavy (non-hydrogen) atoms. The van der Waals surface area contributed by atoms with Gasteiger partial charge in [0.1, 0.15) is 12.1 Å². The summed E-state index contributed by atoms with van der Waals surface area (Å²) in [6.07, 6.45) is -3.09. The van der Waals surface area contributed by atoms with E-state index in [9.17, 15) is 22.8 Å². The minimum atomic E-state index is -4.33. The van der Waals surface area contributed by atoms with E-state index in [4.69, 9.17) is 0 Å². The highest BCUT2D eigenvalue weighted by molar-refractivity contribution is 5.97. The Bertz CT molecular complexity index is 421. The first kappa shape index (κ1) is 16.1. The maximum Gasteiger partial charge on any atom is 0.390 e. The number of nitrogens with one attached hydrogen (secondary N) is 1. The second kappa shape index (κ2) is 5.85. The van der Waals surface area contributed by atoms with Crippen LogP contribution in [0.4, 0.5) is 13.2 Å². The standard InChI is InChI=1S/C14H21F3N2O2/c1-3-8(2)11-12(20)18-10(9-4-5-9)13(21)19(11)7-6-14(15,16)17/h8-11H,3-7H2,1-2H3,(H,18,20). The Balaban J connectivity index is 2.17. The second-order valence-electron chi connectivity index (χ2n) is 6.05. The molecule has 0 aromatic heterocycles. The molecule has 0 bridgehead atoms. The third-order valence-electron chi connectivity index (χ3n) is 4.36. The average Bonchev–Trinajstić information content (AvgIpc) is 3.21. The minimum Gasteiger partial charge on any atom is -0.342 e. The number of halogens is 3. The SMILES string of the molecule is CCC(C)C1C(=O)NC(C2CC2)C(=O)N1CCC(F)(F)F. The van der Waals surface area contributed by atoms with E-state index in [1.54, 1.807) is 6.92 Å². The van der Waals surface area contributed by atoms with Gasteiger partial charge in [0.15, 0.2) is 0 Å². The molecule has 1 saturated heterocycles. The zero-order valence-corrected chi connectivity index (χ0v) is 12.2. The molecule has 1 saturated carbocycles. The Morgan fingerprint density at radius 3 is 2.43 bits per heavy atom. The average molecular weight is 306 g/mol. The molecule has 0 aromatic rings. The van der Waals surface area contributed by atoms with Crippen molar-refractivity contribution in [3.05, 3.63) is 0 Å². The lowest BCUT2D eigenvalue weighted by Gasteiger charge is -2.41. The van der Waals surface area contributed by atoms with Gasteiger partial charge in [0.25, 0.3) is 0 Å². The normalized spacial score (nSPS) is 28.5. The largest absolute Gasteiger partial charge is 0.390 e. The molecule has 0 aromatic carbocycles. The number of hydrogen-bond donors (Lipinski definition) is 1. The Hall–Kier alpha value is -1.27. The van der Waals surface area contributed by atoms with E-state index in [0.717, 1.165) is 17.7 Å². The van der Waals surface area contributed by atoms with Gasteiger partial charge < -0.3 is 10.2 Å². The number of hydrogen-bond acceptors (Lipinski definition) is 2. The number of amides is 2. The van der Waals surface area contributed by atoms with Crippen molar-refractivity contribution in [2.24, 2.45) is 11.8 Å². The minimum absolute atomic E-state index is 0.0905. The quantitative estimate of drug-likeness (QED) is 0.845. The molecule has 3 unspecified atom stereocenters. The van der Waals surface area contributed by atoms with Crippen LogP contribution in [0.5, 0.6) is 0 Å². The van der Waals surface area contributed by atoms with E-state index in [1.165, 1.54) is 0 Å². The molecule has 0 radical (unpaired) electrons. The predicted molar refractivity (Wildman–Crippen MR) is 70.3 cm³/mol. The van der Waals surface area contributed by atoms with Crippen LogP contribution in [0.25, 0.3) is 0 Å². The van der Waals surface area contributed by atoms with Crippen molar-refractivity contribution in [1.29, 1.82) is 0 Å². The number of rotatable bonds is 5. The molecule has 1 N–H and O–H groups in total. The summed E-state index contributed by atoms with van der Waals surface area (Å²) in [7, 11) is 0. The fraction of sp³-hybridized carbons (Fsp3) is 0.857. The maximum absolute atomic E-state index is 12.5. The van der Waals surface area contributed by atoms with E-state index >= 15 is 0 Å². The summed E-state index contributed by atoms with van der Waals surface area (Å²) in [6, 6.07) is -1.43. The summed E-state index contributed by atoms with van der Waals surface area (Å²) in [5.74, 6) is -0.746. The lowest BCUT2D eigenvalue weighted by Crippen LogP contribution is -2.65. The third kappa shape index (κ3) is 3.68. The molecular formula is C14H21F3N2O2. The van der Waals surface area contributed by atoms with Gasteiger partial charge in [-0.05, 0) is 24.7 Å².